The first-order chi connectivity index (χ1) is 10.9. The standard InChI is InChI=1S/C16H13BrFN3O2.Na/c1-8-5-9(17)3-4-11(8)20-14-10(16(22)23)6-12-15(13(14)18)19-7-21(12)2;/h3-7,20H,1-2H3,(H,22,23);/q;+1/p-1. The fourth-order valence-corrected chi connectivity index (χ4v) is 2.89. The molecule has 3 rings (SSSR count). The molecule has 8 heteroatoms. The van der Waals surface area contributed by atoms with Crippen molar-refractivity contribution in [3.05, 3.63) is 52.0 Å². The Morgan fingerprint density at radius 1 is 1.38 bits per heavy atom. The molecule has 0 unspecified atom stereocenters. The number of halogens is 2. The Bertz CT molecular complexity index is 943. The number of aromatic carboxylic acids is 1. The third kappa shape index (κ3) is 3.35. The zero-order chi connectivity index (χ0) is 16.7. The van der Waals surface area contributed by atoms with E-state index in [0.29, 0.717) is 11.2 Å². The van der Waals surface area contributed by atoms with E-state index >= 15 is 0 Å². The first kappa shape index (κ1) is 18.9. The molecule has 118 valence electrons. The SMILES string of the molecule is Cc1cc(Br)ccc1Nc1c(C(=O)[O-])cc2c(ncn2C)c1F.[Na+]. The van der Waals surface area contributed by atoms with Crippen LogP contribution in [0.2, 0.25) is 0 Å². The van der Waals surface area contributed by atoms with Crippen LogP contribution >= 0.6 is 15.9 Å². The number of carbonyl (C=O) groups excluding carboxylic acids is 1. The topological polar surface area (TPSA) is 70.0 Å². The van der Waals surface area contributed by atoms with Crippen molar-refractivity contribution in [2.24, 2.45) is 7.05 Å². The van der Waals surface area contributed by atoms with Crippen LogP contribution in [-0.4, -0.2) is 15.5 Å². The number of aryl methyl sites for hydroxylation is 2. The number of rotatable bonds is 3. The molecule has 3 aromatic rings. The van der Waals surface area contributed by atoms with Gasteiger partial charge in [0, 0.05) is 22.8 Å². The van der Waals surface area contributed by atoms with Crippen molar-refractivity contribution in [2.75, 3.05) is 5.32 Å². The van der Waals surface area contributed by atoms with E-state index in [0.717, 1.165) is 10.0 Å². The molecule has 24 heavy (non-hydrogen) atoms. The van der Waals surface area contributed by atoms with Crippen LogP contribution in [0.5, 0.6) is 0 Å². The Balaban J connectivity index is 0.00000208. The Morgan fingerprint density at radius 3 is 2.71 bits per heavy atom. The number of hydrogen-bond donors (Lipinski definition) is 1. The Labute approximate surface area is 168 Å². The van der Waals surface area contributed by atoms with E-state index in [2.05, 4.69) is 26.2 Å². The van der Waals surface area contributed by atoms with Crippen molar-refractivity contribution in [3.8, 4) is 0 Å². The summed E-state index contributed by atoms with van der Waals surface area (Å²) in [5, 5.41) is 14.3. The summed E-state index contributed by atoms with van der Waals surface area (Å²) in [6.45, 7) is 1.84. The monoisotopic (exact) mass is 399 g/mol. The number of fused-ring (bicyclic) bond motifs is 1. The number of imidazole rings is 1. The molecule has 0 atom stereocenters. The molecule has 2 aromatic carbocycles. The van der Waals surface area contributed by atoms with Crippen LogP contribution in [-0.2, 0) is 7.05 Å². The van der Waals surface area contributed by atoms with Gasteiger partial charge in [0.25, 0.3) is 0 Å². The number of carboxylic acids is 1. The number of benzene rings is 2. The predicted molar refractivity (Wildman–Crippen MR) is 87.2 cm³/mol. The molecule has 0 amide bonds. The molecule has 1 heterocycles. The number of anilines is 2. The van der Waals surface area contributed by atoms with Crippen LogP contribution < -0.4 is 40.0 Å². The van der Waals surface area contributed by atoms with Gasteiger partial charge in [-0.05, 0) is 36.8 Å². The Hall–Kier alpha value is -1.41. The molecule has 1 aromatic heterocycles. The summed E-state index contributed by atoms with van der Waals surface area (Å²) in [4.78, 5) is 15.4. The van der Waals surface area contributed by atoms with Crippen LogP contribution in [0.3, 0.4) is 0 Å². The second-order valence-electron chi connectivity index (χ2n) is 5.21. The molecule has 0 saturated carbocycles. The minimum atomic E-state index is -1.45. The minimum Gasteiger partial charge on any atom is -0.545 e. The van der Waals surface area contributed by atoms with Crippen molar-refractivity contribution < 1.29 is 43.8 Å². The first-order valence-corrected chi connectivity index (χ1v) is 7.56. The molecule has 0 aliphatic carbocycles. The average molecular weight is 400 g/mol. The van der Waals surface area contributed by atoms with Crippen LogP contribution in [0.1, 0.15) is 15.9 Å². The van der Waals surface area contributed by atoms with Gasteiger partial charge in [0.2, 0.25) is 0 Å². The fraction of sp³-hybridized carbons (Fsp3) is 0.125. The summed E-state index contributed by atoms with van der Waals surface area (Å²) >= 11 is 3.35. The van der Waals surface area contributed by atoms with Gasteiger partial charge in [-0.3, -0.25) is 0 Å². The summed E-state index contributed by atoms with van der Waals surface area (Å²) in [5.74, 6) is -2.17. The summed E-state index contributed by atoms with van der Waals surface area (Å²) in [6.07, 6.45) is 1.43. The van der Waals surface area contributed by atoms with Crippen LogP contribution in [0.25, 0.3) is 11.0 Å². The molecular formula is C16H12BrFN3NaO2. The van der Waals surface area contributed by atoms with Crippen molar-refractivity contribution in [1.82, 2.24) is 9.55 Å². The van der Waals surface area contributed by atoms with Crippen LogP contribution in [0, 0.1) is 12.7 Å². The number of nitrogens with one attached hydrogen (secondary N) is 1. The van der Waals surface area contributed by atoms with Crippen molar-refractivity contribution in [2.45, 2.75) is 6.92 Å². The summed E-state index contributed by atoms with van der Waals surface area (Å²) in [5.41, 5.74) is 1.53. The molecule has 0 fully saturated rings. The number of aromatic nitrogens is 2. The van der Waals surface area contributed by atoms with Gasteiger partial charge in [-0.25, -0.2) is 9.37 Å². The molecule has 0 aliphatic rings. The van der Waals surface area contributed by atoms with Gasteiger partial charge >= 0.3 is 29.6 Å². The van der Waals surface area contributed by atoms with Crippen molar-refractivity contribution in [3.63, 3.8) is 0 Å². The van der Waals surface area contributed by atoms with E-state index in [-0.39, 0.29) is 46.3 Å². The van der Waals surface area contributed by atoms with Gasteiger partial charge in [0.15, 0.2) is 5.82 Å². The molecule has 5 nitrogen and oxygen atoms in total. The Morgan fingerprint density at radius 2 is 2.08 bits per heavy atom. The normalized spacial score (nSPS) is 10.5. The summed E-state index contributed by atoms with van der Waals surface area (Å²) in [7, 11) is 1.67. The molecular weight excluding hydrogens is 388 g/mol. The quantitative estimate of drug-likeness (QED) is 0.624. The van der Waals surface area contributed by atoms with Crippen molar-refractivity contribution >= 4 is 44.3 Å². The van der Waals surface area contributed by atoms with Crippen molar-refractivity contribution in [1.29, 1.82) is 0 Å². The number of carbonyl (C=O) groups is 1. The average Bonchev–Trinajstić information content (AvgIpc) is 2.85. The van der Waals surface area contributed by atoms with Gasteiger partial charge in [0.1, 0.15) is 5.52 Å². The molecule has 0 saturated heterocycles. The van der Waals surface area contributed by atoms with Crippen LogP contribution in [0.15, 0.2) is 35.1 Å². The maximum atomic E-state index is 14.8. The number of hydrogen-bond acceptors (Lipinski definition) is 4. The van der Waals surface area contributed by atoms with Gasteiger partial charge in [-0.1, -0.05) is 15.9 Å². The number of nitrogens with zero attached hydrogens (tertiary/aromatic N) is 2. The maximum absolute atomic E-state index is 14.8. The maximum Gasteiger partial charge on any atom is 1.00 e. The molecule has 0 aliphatic heterocycles. The summed E-state index contributed by atoms with van der Waals surface area (Å²) in [6, 6.07) is 6.72. The van der Waals surface area contributed by atoms with Gasteiger partial charge < -0.3 is 19.8 Å². The van der Waals surface area contributed by atoms with E-state index in [1.165, 1.54) is 12.4 Å². The second-order valence-corrected chi connectivity index (χ2v) is 6.12. The van der Waals surface area contributed by atoms with E-state index in [1.54, 1.807) is 23.7 Å². The zero-order valence-corrected chi connectivity index (χ0v) is 16.9. The fourth-order valence-electron chi connectivity index (χ4n) is 2.41. The van der Waals surface area contributed by atoms with E-state index in [1.807, 2.05) is 13.0 Å². The zero-order valence-electron chi connectivity index (χ0n) is 13.4. The molecule has 0 spiro atoms. The largest absolute Gasteiger partial charge is 1.00 e. The summed E-state index contributed by atoms with van der Waals surface area (Å²) < 4.78 is 17.2. The minimum absolute atomic E-state index is 0. The third-order valence-corrected chi connectivity index (χ3v) is 4.12. The van der Waals surface area contributed by atoms with Gasteiger partial charge in [-0.2, -0.15) is 0 Å². The molecule has 0 bridgehead atoms. The number of carboxylic acid groups (broad SMARTS) is 1. The molecule has 1 N–H and O–H groups in total. The van der Waals surface area contributed by atoms with E-state index in [4.69, 9.17) is 0 Å². The van der Waals surface area contributed by atoms with E-state index in [9.17, 15) is 14.3 Å². The van der Waals surface area contributed by atoms with Gasteiger partial charge in [-0.15, -0.1) is 0 Å². The smallest absolute Gasteiger partial charge is 0.545 e. The van der Waals surface area contributed by atoms with E-state index < -0.39 is 11.8 Å². The third-order valence-electron chi connectivity index (χ3n) is 3.63. The van der Waals surface area contributed by atoms with Gasteiger partial charge in [0.05, 0.1) is 23.5 Å². The second kappa shape index (κ2) is 7.23. The predicted octanol–water partition coefficient (Wildman–Crippen LogP) is -0.106. The first-order valence-electron chi connectivity index (χ1n) is 6.76. The van der Waals surface area contributed by atoms with Crippen LogP contribution in [0.4, 0.5) is 15.8 Å². The molecule has 0 radical (unpaired) electrons. The Kier molecular flexibility index (Phi) is 5.70.